The molecule has 4 aromatic rings. The van der Waals surface area contributed by atoms with Crippen LogP contribution in [-0.2, 0) is 17.9 Å². The summed E-state index contributed by atoms with van der Waals surface area (Å²) in [5.74, 6) is -0.335. The maximum atomic E-state index is 13.3. The molecule has 2 aromatic carbocycles. The average Bonchev–Trinajstić information content (AvgIpc) is 3.27. The molecule has 0 fully saturated rings. The van der Waals surface area contributed by atoms with E-state index in [0.29, 0.717) is 15.9 Å². The first kappa shape index (κ1) is 22.5. The van der Waals surface area contributed by atoms with Gasteiger partial charge in [-0.1, -0.05) is 18.2 Å². The first-order valence-electron chi connectivity index (χ1n) is 10.6. The number of nitrogens with one attached hydrogen (secondary N) is 1. The maximum absolute atomic E-state index is 13.3. The number of benzene rings is 2. The second-order valence-electron chi connectivity index (χ2n) is 8.30. The number of aromatic nitrogens is 2. The minimum absolute atomic E-state index is 0.153. The van der Waals surface area contributed by atoms with Crippen LogP contribution in [0.1, 0.15) is 16.7 Å². The molecule has 170 valence electrons. The van der Waals surface area contributed by atoms with Gasteiger partial charge in [0, 0.05) is 25.5 Å². The topological polar surface area (TPSA) is 76.3 Å². The van der Waals surface area contributed by atoms with Gasteiger partial charge in [-0.3, -0.25) is 18.7 Å². The van der Waals surface area contributed by atoms with Crippen LogP contribution in [-0.4, -0.2) is 29.1 Å². The number of fused-ring (bicyclic) bond motifs is 1. The largest absolute Gasteiger partial charge is 0.378 e. The zero-order valence-electron chi connectivity index (χ0n) is 19.1. The summed E-state index contributed by atoms with van der Waals surface area (Å²) >= 11 is 1.27. The summed E-state index contributed by atoms with van der Waals surface area (Å²) in [6.07, 6.45) is 0. The highest BCUT2D eigenvalue weighted by molar-refractivity contribution is 7.17. The lowest BCUT2D eigenvalue weighted by molar-refractivity contribution is -0.116. The molecule has 33 heavy (non-hydrogen) atoms. The first-order chi connectivity index (χ1) is 15.7. The summed E-state index contributed by atoms with van der Waals surface area (Å²) in [6.45, 7) is 3.98. The third kappa shape index (κ3) is 4.61. The standard InChI is InChI=1S/C25H26N4O3S/c1-16-5-6-18(13-17(16)2)14-29-24(31)23-21(11-12-33-23)28(25(29)32)15-22(30)26-19-7-9-20(10-8-19)27(3)4/h5-13H,14-15H2,1-4H3,(H,26,30). The molecule has 0 aliphatic carbocycles. The van der Waals surface area contributed by atoms with Crippen LogP contribution in [0.5, 0.6) is 0 Å². The highest BCUT2D eigenvalue weighted by Crippen LogP contribution is 2.18. The lowest BCUT2D eigenvalue weighted by atomic mass is 10.1. The number of nitrogens with zero attached hydrogens (tertiary/aromatic N) is 3. The summed E-state index contributed by atoms with van der Waals surface area (Å²) in [5, 5.41) is 4.60. The highest BCUT2D eigenvalue weighted by atomic mass is 32.1. The Morgan fingerprint density at radius 3 is 2.36 bits per heavy atom. The zero-order chi connectivity index (χ0) is 23.7. The number of rotatable bonds is 6. The molecule has 0 saturated carbocycles. The van der Waals surface area contributed by atoms with Gasteiger partial charge in [-0.15, -0.1) is 11.3 Å². The van der Waals surface area contributed by atoms with Crippen LogP contribution in [0.25, 0.3) is 10.2 Å². The Hall–Kier alpha value is -3.65. The number of hydrogen-bond acceptors (Lipinski definition) is 5. The minimum Gasteiger partial charge on any atom is -0.378 e. The fraction of sp³-hybridized carbons (Fsp3) is 0.240. The molecule has 8 heteroatoms. The van der Waals surface area contributed by atoms with Gasteiger partial charge in [-0.05, 0) is 66.2 Å². The zero-order valence-corrected chi connectivity index (χ0v) is 19.9. The van der Waals surface area contributed by atoms with E-state index in [1.165, 1.54) is 20.5 Å². The van der Waals surface area contributed by atoms with Crippen molar-refractivity contribution in [1.29, 1.82) is 0 Å². The number of amides is 1. The van der Waals surface area contributed by atoms with Crippen LogP contribution in [0.3, 0.4) is 0 Å². The van der Waals surface area contributed by atoms with Gasteiger partial charge >= 0.3 is 5.69 Å². The number of carbonyl (C=O) groups is 1. The average molecular weight is 463 g/mol. The third-order valence-corrected chi connectivity index (χ3v) is 6.61. The third-order valence-electron chi connectivity index (χ3n) is 5.72. The number of anilines is 2. The summed E-state index contributed by atoms with van der Waals surface area (Å²) in [7, 11) is 3.89. The molecule has 0 aliphatic heterocycles. The van der Waals surface area contributed by atoms with E-state index in [1.807, 2.05) is 75.3 Å². The number of thiophene rings is 1. The van der Waals surface area contributed by atoms with Crippen LogP contribution < -0.4 is 21.5 Å². The molecule has 0 radical (unpaired) electrons. The van der Waals surface area contributed by atoms with Crippen molar-refractivity contribution in [3.8, 4) is 0 Å². The minimum atomic E-state index is -0.498. The summed E-state index contributed by atoms with van der Waals surface area (Å²) < 4.78 is 3.04. The normalized spacial score (nSPS) is 11.0. The fourth-order valence-electron chi connectivity index (χ4n) is 3.70. The van der Waals surface area contributed by atoms with E-state index < -0.39 is 5.69 Å². The maximum Gasteiger partial charge on any atom is 0.332 e. The van der Waals surface area contributed by atoms with Gasteiger partial charge in [0.05, 0.1) is 12.1 Å². The molecule has 4 rings (SSSR count). The van der Waals surface area contributed by atoms with Crippen molar-refractivity contribution in [1.82, 2.24) is 9.13 Å². The molecule has 0 atom stereocenters. The monoisotopic (exact) mass is 462 g/mol. The second kappa shape index (κ2) is 9.07. The van der Waals surface area contributed by atoms with E-state index in [-0.39, 0.29) is 24.6 Å². The van der Waals surface area contributed by atoms with E-state index in [0.717, 1.165) is 22.4 Å². The number of aryl methyl sites for hydroxylation is 2. The van der Waals surface area contributed by atoms with Crippen molar-refractivity contribution in [3.63, 3.8) is 0 Å². The predicted molar refractivity (Wildman–Crippen MR) is 135 cm³/mol. The SMILES string of the molecule is Cc1ccc(Cn2c(=O)c3sccc3n(CC(=O)Nc3ccc(N(C)C)cc3)c2=O)cc1C. The van der Waals surface area contributed by atoms with Gasteiger partial charge in [0.1, 0.15) is 11.2 Å². The summed E-state index contributed by atoms with van der Waals surface area (Å²) in [6, 6.07) is 15.0. The van der Waals surface area contributed by atoms with E-state index in [2.05, 4.69) is 5.32 Å². The van der Waals surface area contributed by atoms with E-state index >= 15 is 0 Å². The van der Waals surface area contributed by atoms with E-state index in [9.17, 15) is 14.4 Å². The molecule has 0 spiro atoms. The number of carbonyl (C=O) groups excluding carboxylic acids is 1. The smallest absolute Gasteiger partial charge is 0.332 e. The summed E-state index contributed by atoms with van der Waals surface area (Å²) in [4.78, 5) is 41.1. The van der Waals surface area contributed by atoms with Gasteiger partial charge in [-0.2, -0.15) is 0 Å². The molecule has 2 aromatic heterocycles. The predicted octanol–water partition coefficient (Wildman–Crippen LogP) is 3.59. The fourth-order valence-corrected chi connectivity index (χ4v) is 4.54. The van der Waals surface area contributed by atoms with Crippen LogP contribution in [0.4, 0.5) is 11.4 Å². The summed E-state index contributed by atoms with van der Waals surface area (Å²) in [5.41, 5.74) is 4.41. The van der Waals surface area contributed by atoms with Crippen LogP contribution in [0.2, 0.25) is 0 Å². The van der Waals surface area contributed by atoms with Gasteiger partial charge in [-0.25, -0.2) is 4.79 Å². The lowest BCUT2D eigenvalue weighted by Gasteiger charge is -2.14. The Morgan fingerprint density at radius 2 is 1.70 bits per heavy atom. The van der Waals surface area contributed by atoms with Gasteiger partial charge in [0.2, 0.25) is 5.91 Å². The van der Waals surface area contributed by atoms with Crippen molar-refractivity contribution in [2.24, 2.45) is 0 Å². The van der Waals surface area contributed by atoms with Crippen LogP contribution in [0.15, 0.2) is 63.5 Å². The Morgan fingerprint density at radius 1 is 0.970 bits per heavy atom. The van der Waals surface area contributed by atoms with Crippen molar-refractivity contribution in [2.45, 2.75) is 26.9 Å². The molecule has 0 unspecified atom stereocenters. The Labute approximate surface area is 195 Å². The first-order valence-corrected chi connectivity index (χ1v) is 11.5. The van der Waals surface area contributed by atoms with Crippen molar-refractivity contribution >= 4 is 38.8 Å². The quantitative estimate of drug-likeness (QED) is 0.475. The van der Waals surface area contributed by atoms with Crippen molar-refractivity contribution < 1.29 is 4.79 Å². The lowest BCUT2D eigenvalue weighted by Crippen LogP contribution is -2.41. The highest BCUT2D eigenvalue weighted by Gasteiger charge is 2.17. The second-order valence-corrected chi connectivity index (χ2v) is 9.22. The van der Waals surface area contributed by atoms with Crippen molar-refractivity contribution in [2.75, 3.05) is 24.3 Å². The van der Waals surface area contributed by atoms with Gasteiger partial charge in [0.15, 0.2) is 0 Å². The van der Waals surface area contributed by atoms with E-state index in [1.54, 1.807) is 11.4 Å². The molecule has 0 aliphatic rings. The molecule has 7 nitrogen and oxygen atoms in total. The Kier molecular flexibility index (Phi) is 6.20. The molecule has 2 heterocycles. The molecule has 0 saturated heterocycles. The molecule has 1 amide bonds. The molecule has 1 N–H and O–H groups in total. The Bertz CT molecular complexity index is 1450. The van der Waals surface area contributed by atoms with Gasteiger partial charge in [0.25, 0.3) is 5.56 Å². The van der Waals surface area contributed by atoms with Crippen LogP contribution in [0, 0.1) is 13.8 Å². The molecular weight excluding hydrogens is 436 g/mol. The van der Waals surface area contributed by atoms with Crippen molar-refractivity contribution in [3.05, 3.63) is 91.4 Å². The van der Waals surface area contributed by atoms with Crippen LogP contribution >= 0.6 is 11.3 Å². The molecular formula is C25H26N4O3S. The molecule has 0 bridgehead atoms. The van der Waals surface area contributed by atoms with Gasteiger partial charge < -0.3 is 10.2 Å². The Balaban J connectivity index is 1.66. The number of hydrogen-bond donors (Lipinski definition) is 1. The van der Waals surface area contributed by atoms with E-state index in [4.69, 9.17) is 0 Å².